The van der Waals surface area contributed by atoms with Crippen molar-refractivity contribution >= 4 is 34.7 Å². The van der Waals surface area contributed by atoms with Crippen LogP contribution in [0.2, 0.25) is 5.02 Å². The Morgan fingerprint density at radius 2 is 1.83 bits per heavy atom. The summed E-state index contributed by atoms with van der Waals surface area (Å²) in [6.45, 7) is 0.875. The van der Waals surface area contributed by atoms with Crippen molar-refractivity contribution in [1.82, 2.24) is 4.90 Å². The lowest BCUT2D eigenvalue weighted by Crippen LogP contribution is -2.36. The average molecular weight is 501 g/mol. The number of benzene rings is 2. The molecule has 0 spiro atoms. The lowest BCUT2D eigenvalue weighted by atomic mass is 9.94. The molecule has 2 aliphatic rings. The van der Waals surface area contributed by atoms with Crippen LogP contribution in [-0.4, -0.2) is 69.3 Å². The molecule has 2 aromatic carbocycles. The first-order valence-corrected chi connectivity index (χ1v) is 11.7. The minimum absolute atomic E-state index is 0.0230. The third-order valence-corrected chi connectivity index (χ3v) is 6.71. The molecule has 0 bridgehead atoms. The zero-order valence-electron chi connectivity index (χ0n) is 20.2. The van der Waals surface area contributed by atoms with Gasteiger partial charge in [-0.15, -0.1) is 0 Å². The molecule has 1 N–H and O–H groups in total. The monoisotopic (exact) mass is 500 g/mol. The predicted molar refractivity (Wildman–Crippen MR) is 133 cm³/mol. The van der Waals surface area contributed by atoms with Crippen molar-refractivity contribution in [2.75, 3.05) is 46.4 Å². The summed E-state index contributed by atoms with van der Waals surface area (Å²) in [4.78, 5) is 30.0. The summed E-state index contributed by atoms with van der Waals surface area (Å²) in [5.41, 5.74) is 1.84. The van der Waals surface area contributed by atoms with Gasteiger partial charge in [0, 0.05) is 39.0 Å². The number of amides is 1. The van der Waals surface area contributed by atoms with Gasteiger partial charge in [0.15, 0.2) is 0 Å². The van der Waals surface area contributed by atoms with Crippen molar-refractivity contribution in [2.45, 2.75) is 25.0 Å². The molecule has 2 atom stereocenters. The van der Waals surface area contributed by atoms with Gasteiger partial charge >= 0.3 is 0 Å². The normalized spacial score (nSPS) is 21.5. The average Bonchev–Trinajstić information content (AvgIpc) is 3.46. The maximum atomic E-state index is 13.3. The van der Waals surface area contributed by atoms with Gasteiger partial charge in [-0.25, -0.2) is 0 Å². The molecule has 2 fully saturated rings. The number of aliphatic hydroxyl groups excluding tert-OH is 1. The van der Waals surface area contributed by atoms with Gasteiger partial charge in [0.1, 0.15) is 17.3 Å². The number of carbonyl (C=O) groups is 2. The summed E-state index contributed by atoms with van der Waals surface area (Å²) >= 11 is 6.32. The molecule has 0 aliphatic carbocycles. The topological polar surface area (TPSA) is 88.5 Å². The van der Waals surface area contributed by atoms with Gasteiger partial charge in [-0.2, -0.15) is 0 Å². The maximum absolute atomic E-state index is 13.3. The van der Waals surface area contributed by atoms with E-state index in [0.29, 0.717) is 17.9 Å². The number of carbonyl (C=O) groups excluding carboxylic acids is 2. The van der Waals surface area contributed by atoms with Crippen LogP contribution in [0.4, 0.5) is 5.69 Å². The highest BCUT2D eigenvalue weighted by Crippen LogP contribution is 2.43. The molecule has 1 amide bonds. The molecule has 35 heavy (non-hydrogen) atoms. The van der Waals surface area contributed by atoms with Crippen molar-refractivity contribution in [1.29, 1.82) is 0 Å². The molecular formula is C26H29ClN2O6. The SMILES string of the molecule is COc1cc(OC)c(/C(O)=C2\C(=O)C(=O)N(CC3CCCO3)C2c2ccc(N(C)C)cc2)cc1Cl. The van der Waals surface area contributed by atoms with Crippen LogP contribution >= 0.6 is 11.6 Å². The molecule has 8 nitrogen and oxygen atoms in total. The number of hydrogen-bond donors (Lipinski definition) is 1. The maximum Gasteiger partial charge on any atom is 0.295 e. The number of nitrogens with zero attached hydrogens (tertiary/aromatic N) is 2. The van der Waals surface area contributed by atoms with Gasteiger partial charge in [-0.3, -0.25) is 9.59 Å². The van der Waals surface area contributed by atoms with Crippen LogP contribution in [0.5, 0.6) is 11.5 Å². The Kier molecular flexibility index (Phi) is 7.23. The summed E-state index contributed by atoms with van der Waals surface area (Å²) < 4.78 is 16.4. The Balaban J connectivity index is 1.87. The van der Waals surface area contributed by atoms with E-state index in [9.17, 15) is 14.7 Å². The zero-order chi connectivity index (χ0) is 25.3. The summed E-state index contributed by atoms with van der Waals surface area (Å²) in [6.07, 6.45) is 1.54. The first kappa shape index (κ1) is 24.9. The van der Waals surface area contributed by atoms with E-state index in [1.807, 2.05) is 43.3 Å². The highest BCUT2D eigenvalue weighted by molar-refractivity contribution is 6.46. The molecule has 2 saturated heterocycles. The molecule has 2 unspecified atom stereocenters. The molecule has 0 aromatic heterocycles. The largest absolute Gasteiger partial charge is 0.507 e. The molecule has 0 radical (unpaired) electrons. The van der Waals surface area contributed by atoms with Crippen LogP contribution in [-0.2, 0) is 14.3 Å². The van der Waals surface area contributed by atoms with E-state index < -0.39 is 17.7 Å². The van der Waals surface area contributed by atoms with E-state index in [2.05, 4.69) is 0 Å². The van der Waals surface area contributed by atoms with Crippen molar-refractivity contribution in [3.63, 3.8) is 0 Å². The quantitative estimate of drug-likeness (QED) is 0.349. The number of ether oxygens (including phenoxy) is 3. The fourth-order valence-electron chi connectivity index (χ4n) is 4.57. The van der Waals surface area contributed by atoms with E-state index >= 15 is 0 Å². The molecule has 9 heteroatoms. The van der Waals surface area contributed by atoms with Gasteiger partial charge in [0.25, 0.3) is 11.7 Å². The first-order valence-electron chi connectivity index (χ1n) is 11.4. The lowest BCUT2D eigenvalue weighted by molar-refractivity contribution is -0.140. The summed E-state index contributed by atoms with van der Waals surface area (Å²) in [6, 6.07) is 9.74. The number of halogens is 1. The Hall–Kier alpha value is -3.23. The van der Waals surface area contributed by atoms with Crippen molar-refractivity contribution < 1.29 is 28.9 Å². The summed E-state index contributed by atoms with van der Waals surface area (Å²) in [5, 5.41) is 11.7. The van der Waals surface area contributed by atoms with Crippen molar-refractivity contribution in [2.24, 2.45) is 0 Å². The number of anilines is 1. The van der Waals surface area contributed by atoms with Gasteiger partial charge in [0.2, 0.25) is 0 Å². The van der Waals surface area contributed by atoms with Crippen molar-refractivity contribution in [3.05, 3.63) is 58.1 Å². The van der Waals surface area contributed by atoms with Crippen LogP contribution < -0.4 is 14.4 Å². The number of likely N-dealkylation sites (tertiary alicyclic amines) is 1. The Bertz CT molecular complexity index is 1160. The van der Waals surface area contributed by atoms with Gasteiger partial charge < -0.3 is 29.1 Å². The van der Waals surface area contributed by atoms with E-state index in [4.69, 9.17) is 25.8 Å². The van der Waals surface area contributed by atoms with Crippen LogP contribution in [0.25, 0.3) is 5.76 Å². The smallest absolute Gasteiger partial charge is 0.295 e. The second kappa shape index (κ2) is 10.2. The first-order chi connectivity index (χ1) is 16.8. The lowest BCUT2D eigenvalue weighted by Gasteiger charge is -2.28. The molecule has 2 heterocycles. The van der Waals surface area contributed by atoms with E-state index in [-0.39, 0.29) is 40.3 Å². The van der Waals surface area contributed by atoms with Crippen molar-refractivity contribution in [3.8, 4) is 11.5 Å². The minimum atomic E-state index is -0.791. The predicted octanol–water partition coefficient (Wildman–Crippen LogP) is 4.02. The second-order valence-electron chi connectivity index (χ2n) is 8.76. The number of hydrogen-bond acceptors (Lipinski definition) is 7. The number of rotatable bonds is 7. The van der Waals surface area contributed by atoms with E-state index in [0.717, 1.165) is 18.5 Å². The Morgan fingerprint density at radius 1 is 1.14 bits per heavy atom. The van der Waals surface area contributed by atoms with Crippen LogP contribution in [0.1, 0.15) is 30.0 Å². The van der Waals surface area contributed by atoms with Crippen LogP contribution in [0.15, 0.2) is 42.0 Å². The number of aliphatic hydroxyl groups is 1. The number of ketones is 1. The van der Waals surface area contributed by atoms with E-state index in [1.54, 1.807) is 0 Å². The molecular weight excluding hydrogens is 472 g/mol. The Morgan fingerprint density at radius 3 is 2.40 bits per heavy atom. The molecule has 4 rings (SSSR count). The summed E-state index contributed by atoms with van der Waals surface area (Å²) in [7, 11) is 6.76. The number of methoxy groups -OCH3 is 2. The van der Waals surface area contributed by atoms with Gasteiger partial charge in [-0.1, -0.05) is 23.7 Å². The number of Topliss-reactive ketones (excluding diaryl/α,β-unsaturated/α-hetero) is 1. The minimum Gasteiger partial charge on any atom is -0.507 e. The highest BCUT2D eigenvalue weighted by atomic mass is 35.5. The third-order valence-electron chi connectivity index (χ3n) is 6.42. The van der Waals surface area contributed by atoms with Gasteiger partial charge in [0.05, 0.1) is 42.5 Å². The third kappa shape index (κ3) is 4.68. The standard InChI is InChI=1S/C26H29ClN2O6/c1-28(2)16-9-7-15(8-10-16)23-22(25(31)26(32)29(23)14-17-6-5-11-35-17)24(30)18-12-19(27)21(34-4)13-20(18)33-3/h7-10,12-13,17,23,30H,5-6,11,14H2,1-4H3/b24-22+. The zero-order valence-corrected chi connectivity index (χ0v) is 21.0. The fourth-order valence-corrected chi connectivity index (χ4v) is 4.81. The molecule has 2 aliphatic heterocycles. The molecule has 0 saturated carbocycles. The van der Waals surface area contributed by atoms with Crippen LogP contribution in [0.3, 0.4) is 0 Å². The van der Waals surface area contributed by atoms with E-state index in [1.165, 1.54) is 31.3 Å². The fraction of sp³-hybridized carbons (Fsp3) is 0.385. The summed E-state index contributed by atoms with van der Waals surface area (Å²) in [5.74, 6) is -1.19. The highest BCUT2D eigenvalue weighted by Gasteiger charge is 2.47. The molecule has 186 valence electrons. The van der Waals surface area contributed by atoms with Crippen LogP contribution in [0, 0.1) is 0 Å². The van der Waals surface area contributed by atoms with Gasteiger partial charge in [-0.05, 0) is 36.6 Å². The molecule has 2 aromatic rings. The second-order valence-corrected chi connectivity index (χ2v) is 9.17. The Labute approximate surface area is 209 Å².